The molecule has 1 atom stereocenters. The molecule has 2 rings (SSSR count). The average molecular weight is 374 g/mol. The highest BCUT2D eigenvalue weighted by molar-refractivity contribution is 5.97. The van der Waals surface area contributed by atoms with Crippen molar-refractivity contribution in [2.45, 2.75) is 26.4 Å². The fourth-order valence-electron chi connectivity index (χ4n) is 2.97. The predicted octanol–water partition coefficient (Wildman–Crippen LogP) is 5.41. The molecule has 3 heteroatoms. The van der Waals surface area contributed by atoms with E-state index in [2.05, 4.69) is 67.9 Å². The number of hydrogen-bond donors (Lipinski definition) is 1. The van der Waals surface area contributed by atoms with Gasteiger partial charge in [0.25, 0.3) is 0 Å². The summed E-state index contributed by atoms with van der Waals surface area (Å²) in [6.07, 6.45) is 9.10. The van der Waals surface area contributed by atoms with E-state index in [1.54, 1.807) is 0 Å². The van der Waals surface area contributed by atoms with Gasteiger partial charge in [-0.05, 0) is 44.5 Å². The molecule has 1 unspecified atom stereocenters. The van der Waals surface area contributed by atoms with Gasteiger partial charge in [-0.3, -0.25) is 4.90 Å². The fourth-order valence-corrected chi connectivity index (χ4v) is 2.97. The van der Waals surface area contributed by atoms with Gasteiger partial charge in [-0.2, -0.15) is 0 Å². The van der Waals surface area contributed by atoms with Gasteiger partial charge in [0.05, 0.1) is 0 Å². The van der Waals surface area contributed by atoms with Gasteiger partial charge in [0, 0.05) is 12.1 Å². The molecule has 2 aromatic carbocycles. The zero-order chi connectivity index (χ0) is 20.4. The topological polar surface area (TPSA) is 41.6 Å². The maximum absolute atomic E-state index is 6.36. The molecule has 0 amide bonds. The highest BCUT2D eigenvalue weighted by Gasteiger charge is 2.17. The SMILES string of the molecule is C=C(/C=C\C/C=C\C)CN(C)C(/N=C(\N)c1cccc(C)c1)c1ccccc1. The van der Waals surface area contributed by atoms with Crippen molar-refractivity contribution in [2.75, 3.05) is 13.6 Å². The Morgan fingerprint density at radius 2 is 1.89 bits per heavy atom. The molecule has 0 aromatic heterocycles. The quantitative estimate of drug-likeness (QED) is 0.276. The van der Waals surface area contributed by atoms with E-state index in [4.69, 9.17) is 10.7 Å². The van der Waals surface area contributed by atoms with E-state index in [0.717, 1.165) is 23.1 Å². The van der Waals surface area contributed by atoms with Crippen LogP contribution in [0.25, 0.3) is 0 Å². The Hall–Kier alpha value is -2.91. The number of aryl methyl sites for hydroxylation is 1. The third-order valence-electron chi connectivity index (χ3n) is 4.40. The lowest BCUT2D eigenvalue weighted by Crippen LogP contribution is -2.28. The Balaban J connectivity index is 2.23. The molecule has 0 aliphatic rings. The van der Waals surface area contributed by atoms with Gasteiger partial charge in [0.2, 0.25) is 0 Å². The van der Waals surface area contributed by atoms with Crippen LogP contribution in [0, 0.1) is 6.92 Å². The Morgan fingerprint density at radius 3 is 2.57 bits per heavy atom. The summed E-state index contributed by atoms with van der Waals surface area (Å²) in [6.45, 7) is 8.97. The average Bonchev–Trinajstić information content (AvgIpc) is 2.69. The van der Waals surface area contributed by atoms with Crippen molar-refractivity contribution in [1.29, 1.82) is 0 Å². The number of allylic oxidation sites excluding steroid dienone is 3. The first-order chi connectivity index (χ1) is 13.5. The van der Waals surface area contributed by atoms with E-state index in [9.17, 15) is 0 Å². The minimum Gasteiger partial charge on any atom is -0.383 e. The van der Waals surface area contributed by atoms with Gasteiger partial charge in [0.15, 0.2) is 0 Å². The number of rotatable bonds is 9. The highest BCUT2D eigenvalue weighted by Crippen LogP contribution is 2.22. The number of benzene rings is 2. The van der Waals surface area contributed by atoms with Crippen molar-refractivity contribution >= 4 is 5.84 Å². The van der Waals surface area contributed by atoms with E-state index in [0.29, 0.717) is 12.4 Å². The maximum Gasteiger partial charge on any atom is 0.130 e. The van der Waals surface area contributed by atoms with Crippen molar-refractivity contribution < 1.29 is 0 Å². The molecule has 146 valence electrons. The third-order valence-corrected chi connectivity index (χ3v) is 4.40. The van der Waals surface area contributed by atoms with Crippen LogP contribution in [0.15, 0.2) is 96.0 Å². The summed E-state index contributed by atoms with van der Waals surface area (Å²) in [4.78, 5) is 7.03. The highest BCUT2D eigenvalue weighted by atomic mass is 15.2. The summed E-state index contributed by atoms with van der Waals surface area (Å²) in [5.74, 6) is 0.540. The number of nitrogens with two attached hydrogens (primary N) is 1. The van der Waals surface area contributed by atoms with Gasteiger partial charge >= 0.3 is 0 Å². The Kier molecular flexibility index (Phi) is 8.44. The van der Waals surface area contributed by atoms with Crippen molar-refractivity contribution in [3.05, 3.63) is 108 Å². The molecule has 0 aliphatic carbocycles. The van der Waals surface area contributed by atoms with Crippen LogP contribution in [0.1, 0.15) is 36.2 Å². The molecule has 0 heterocycles. The van der Waals surface area contributed by atoms with Crippen molar-refractivity contribution in [2.24, 2.45) is 10.7 Å². The Labute approximate surface area is 169 Å². The van der Waals surface area contributed by atoms with E-state index in [-0.39, 0.29) is 6.17 Å². The first-order valence-corrected chi connectivity index (χ1v) is 9.62. The van der Waals surface area contributed by atoms with Crippen LogP contribution < -0.4 is 5.73 Å². The molecule has 0 bridgehead atoms. The minimum absolute atomic E-state index is 0.178. The summed E-state index contributed by atoms with van der Waals surface area (Å²) >= 11 is 0. The number of amidine groups is 1. The number of nitrogens with zero attached hydrogens (tertiary/aromatic N) is 2. The summed E-state index contributed by atoms with van der Waals surface area (Å²) in [5, 5.41) is 0. The lowest BCUT2D eigenvalue weighted by molar-refractivity contribution is 0.275. The van der Waals surface area contributed by atoms with Crippen molar-refractivity contribution in [3.8, 4) is 0 Å². The van der Waals surface area contributed by atoms with Crippen LogP contribution >= 0.6 is 0 Å². The summed E-state index contributed by atoms with van der Waals surface area (Å²) in [6, 6.07) is 18.4. The lowest BCUT2D eigenvalue weighted by Gasteiger charge is -2.26. The normalized spacial score (nSPS) is 13.5. The molecular weight excluding hydrogens is 342 g/mol. The molecule has 0 saturated heterocycles. The second-order valence-electron chi connectivity index (χ2n) is 6.95. The molecule has 0 saturated carbocycles. The molecule has 28 heavy (non-hydrogen) atoms. The van der Waals surface area contributed by atoms with Gasteiger partial charge in [0.1, 0.15) is 12.0 Å². The predicted molar refractivity (Wildman–Crippen MR) is 121 cm³/mol. The largest absolute Gasteiger partial charge is 0.383 e. The van der Waals surface area contributed by atoms with E-state index >= 15 is 0 Å². The van der Waals surface area contributed by atoms with Crippen LogP contribution in [0.5, 0.6) is 0 Å². The molecular formula is C25H31N3. The molecule has 0 radical (unpaired) electrons. The molecule has 0 fully saturated rings. The standard InChI is InChI=1S/C25H31N3/c1-5-6-7-9-13-21(3)19-28(4)25(22-15-10-8-11-16-22)27-24(26)23-17-12-14-20(2)18-23/h5-6,8-18,25H,3,7,19H2,1-2,4H3,(H2,26,27)/b6-5-,13-9-. The van der Waals surface area contributed by atoms with E-state index < -0.39 is 0 Å². The zero-order valence-corrected chi connectivity index (χ0v) is 17.2. The smallest absolute Gasteiger partial charge is 0.130 e. The van der Waals surface area contributed by atoms with Gasteiger partial charge in [-0.1, -0.05) is 85.0 Å². The van der Waals surface area contributed by atoms with Gasteiger partial charge < -0.3 is 5.73 Å². The van der Waals surface area contributed by atoms with Crippen LogP contribution in [-0.2, 0) is 0 Å². The van der Waals surface area contributed by atoms with Crippen LogP contribution in [-0.4, -0.2) is 24.3 Å². The Morgan fingerprint density at radius 1 is 1.14 bits per heavy atom. The maximum atomic E-state index is 6.36. The molecule has 2 N–H and O–H groups in total. The Bertz CT molecular complexity index is 847. The van der Waals surface area contributed by atoms with E-state index in [1.165, 1.54) is 5.56 Å². The number of hydrogen-bond acceptors (Lipinski definition) is 2. The number of aliphatic imine (C=N–C) groups is 1. The fraction of sp³-hybridized carbons (Fsp3) is 0.240. The van der Waals surface area contributed by atoms with Crippen LogP contribution in [0.4, 0.5) is 0 Å². The molecule has 3 nitrogen and oxygen atoms in total. The summed E-state index contributed by atoms with van der Waals surface area (Å²) in [7, 11) is 2.05. The van der Waals surface area contributed by atoms with Crippen molar-refractivity contribution in [1.82, 2.24) is 4.90 Å². The second kappa shape index (κ2) is 11.1. The second-order valence-corrected chi connectivity index (χ2v) is 6.95. The molecule has 2 aromatic rings. The monoisotopic (exact) mass is 373 g/mol. The van der Waals surface area contributed by atoms with Crippen LogP contribution in [0.3, 0.4) is 0 Å². The van der Waals surface area contributed by atoms with E-state index in [1.807, 2.05) is 43.3 Å². The van der Waals surface area contributed by atoms with Crippen molar-refractivity contribution in [3.63, 3.8) is 0 Å². The molecule has 0 aliphatic heterocycles. The summed E-state index contributed by atoms with van der Waals surface area (Å²) in [5.41, 5.74) is 10.6. The third kappa shape index (κ3) is 6.67. The summed E-state index contributed by atoms with van der Waals surface area (Å²) < 4.78 is 0. The van der Waals surface area contributed by atoms with Crippen LogP contribution in [0.2, 0.25) is 0 Å². The minimum atomic E-state index is -0.178. The zero-order valence-electron chi connectivity index (χ0n) is 17.2. The first kappa shape index (κ1) is 21.4. The molecule has 0 spiro atoms. The number of likely N-dealkylation sites (N-methyl/N-ethyl adjacent to an activating group) is 1. The first-order valence-electron chi connectivity index (χ1n) is 9.62. The van der Waals surface area contributed by atoms with Gasteiger partial charge in [-0.15, -0.1) is 0 Å². The lowest BCUT2D eigenvalue weighted by atomic mass is 10.1. The van der Waals surface area contributed by atoms with Gasteiger partial charge in [-0.25, -0.2) is 4.99 Å².